The highest BCUT2D eigenvalue weighted by Gasteiger charge is 2.40. The van der Waals surface area contributed by atoms with Crippen LogP contribution in [0.4, 0.5) is 0 Å². The molecule has 1 N–H and O–H groups in total. The Morgan fingerprint density at radius 1 is 1.08 bits per heavy atom. The molecule has 2 aliphatic carbocycles. The lowest BCUT2D eigenvalue weighted by Gasteiger charge is -2.14. The summed E-state index contributed by atoms with van der Waals surface area (Å²) in [4.78, 5) is 5.00. The predicted octanol–water partition coefficient (Wildman–Crippen LogP) is 3.58. The Hall–Kier alpha value is -1.69. The number of aromatic nitrogens is 3. The molecule has 2 fully saturated rings. The Labute approximate surface area is 142 Å². The first-order chi connectivity index (χ1) is 11.3. The van der Waals surface area contributed by atoms with Gasteiger partial charge in [-0.1, -0.05) is 20.8 Å². The molecule has 2 aliphatic rings. The molecule has 5 nitrogen and oxygen atoms in total. The van der Waals surface area contributed by atoms with Crippen molar-refractivity contribution in [2.24, 2.45) is 0 Å². The first-order valence-electron chi connectivity index (χ1n) is 8.57. The van der Waals surface area contributed by atoms with E-state index >= 15 is 0 Å². The molecule has 4 rings (SSSR count). The van der Waals surface area contributed by atoms with Crippen LogP contribution in [-0.4, -0.2) is 28.8 Å². The van der Waals surface area contributed by atoms with E-state index in [2.05, 4.69) is 36.0 Å². The molecule has 0 atom stereocenters. The Morgan fingerprint density at radius 2 is 1.79 bits per heavy atom. The fraction of sp³-hybridized carbons (Fsp3) is 0.556. The molecule has 2 saturated carbocycles. The average Bonchev–Trinajstić information content (AvgIpc) is 3.43. The highest BCUT2D eigenvalue weighted by Crippen LogP contribution is 2.45. The summed E-state index contributed by atoms with van der Waals surface area (Å²) in [6.45, 7) is 6.32. The van der Waals surface area contributed by atoms with Crippen LogP contribution >= 0.6 is 0 Å². The summed E-state index contributed by atoms with van der Waals surface area (Å²) in [7, 11) is -3.23. The van der Waals surface area contributed by atoms with Crippen molar-refractivity contribution >= 4 is 9.84 Å². The molecule has 0 spiro atoms. The molecular weight excluding hydrogens is 322 g/mol. The summed E-state index contributed by atoms with van der Waals surface area (Å²) in [5, 5.41) is 7.19. The molecule has 0 aliphatic heterocycles. The SMILES string of the molecule is CC(C)(C)c1cc(-c2cc(S(=O)(=O)C3CC3)c(C3CC3)cn2)n[nH]1. The zero-order valence-corrected chi connectivity index (χ0v) is 15.2. The van der Waals surface area contributed by atoms with Crippen LogP contribution in [0.3, 0.4) is 0 Å². The lowest BCUT2D eigenvalue weighted by atomic mass is 9.92. The topological polar surface area (TPSA) is 75.7 Å². The predicted molar refractivity (Wildman–Crippen MR) is 92.7 cm³/mol. The van der Waals surface area contributed by atoms with Crippen LogP contribution in [0.15, 0.2) is 23.2 Å². The highest BCUT2D eigenvalue weighted by atomic mass is 32.2. The van der Waals surface area contributed by atoms with Gasteiger partial charge >= 0.3 is 0 Å². The van der Waals surface area contributed by atoms with Crippen LogP contribution in [0, 0.1) is 0 Å². The van der Waals surface area contributed by atoms with Gasteiger partial charge in [0.2, 0.25) is 0 Å². The minimum atomic E-state index is -3.23. The van der Waals surface area contributed by atoms with Crippen LogP contribution in [0.1, 0.15) is 63.6 Å². The van der Waals surface area contributed by atoms with Gasteiger partial charge in [-0.2, -0.15) is 5.10 Å². The molecule has 128 valence electrons. The largest absolute Gasteiger partial charge is 0.281 e. The van der Waals surface area contributed by atoms with Crippen molar-refractivity contribution in [3.05, 3.63) is 29.6 Å². The van der Waals surface area contributed by atoms with Gasteiger partial charge in [0.05, 0.1) is 15.8 Å². The smallest absolute Gasteiger partial charge is 0.181 e. The van der Waals surface area contributed by atoms with Crippen LogP contribution in [0.25, 0.3) is 11.4 Å². The second-order valence-corrected chi connectivity index (χ2v) is 10.2. The maximum Gasteiger partial charge on any atom is 0.181 e. The van der Waals surface area contributed by atoms with E-state index in [1.807, 2.05) is 6.07 Å². The zero-order valence-electron chi connectivity index (χ0n) is 14.3. The first-order valence-corrected chi connectivity index (χ1v) is 10.1. The molecule has 2 heterocycles. The standard InChI is InChI=1S/C18H23N3O2S/c1-18(2,3)17-9-15(20-21-17)14-8-16(24(22,23)12-6-7-12)13(10-19-14)11-4-5-11/h8-12H,4-7H2,1-3H3,(H,20,21). The van der Waals surface area contributed by atoms with Crippen molar-refractivity contribution in [3.63, 3.8) is 0 Å². The molecule has 0 radical (unpaired) electrons. The van der Waals surface area contributed by atoms with Crippen molar-refractivity contribution in [1.29, 1.82) is 0 Å². The number of pyridine rings is 1. The number of H-pyrrole nitrogens is 1. The maximum atomic E-state index is 12.8. The molecule has 6 heteroatoms. The van der Waals surface area contributed by atoms with Crippen LogP contribution in [0.2, 0.25) is 0 Å². The number of nitrogens with zero attached hydrogens (tertiary/aromatic N) is 2. The van der Waals surface area contributed by atoms with Gasteiger partial charge in [0, 0.05) is 17.3 Å². The monoisotopic (exact) mass is 345 g/mol. The molecule has 0 aromatic carbocycles. The van der Waals surface area contributed by atoms with Gasteiger partial charge in [-0.3, -0.25) is 10.1 Å². The third kappa shape index (κ3) is 2.77. The molecule has 0 amide bonds. The van der Waals surface area contributed by atoms with E-state index in [1.165, 1.54) is 0 Å². The van der Waals surface area contributed by atoms with Crippen LogP contribution < -0.4 is 0 Å². The van der Waals surface area contributed by atoms with Gasteiger partial charge in [0.15, 0.2) is 9.84 Å². The van der Waals surface area contributed by atoms with Gasteiger partial charge in [-0.25, -0.2) is 8.42 Å². The van der Waals surface area contributed by atoms with Crippen molar-refractivity contribution in [1.82, 2.24) is 15.2 Å². The van der Waals surface area contributed by atoms with E-state index in [1.54, 1.807) is 12.3 Å². The van der Waals surface area contributed by atoms with Crippen molar-refractivity contribution in [2.45, 2.75) is 67.9 Å². The number of rotatable bonds is 4. The maximum absolute atomic E-state index is 12.8. The summed E-state index contributed by atoms with van der Waals surface area (Å²) in [6.07, 6.45) is 5.44. The summed E-state index contributed by atoms with van der Waals surface area (Å²) in [5.41, 5.74) is 3.21. The lowest BCUT2D eigenvalue weighted by Crippen LogP contribution is -2.11. The second-order valence-electron chi connectivity index (χ2n) is 8.04. The van der Waals surface area contributed by atoms with E-state index in [-0.39, 0.29) is 10.7 Å². The second kappa shape index (κ2) is 5.15. The molecule has 0 unspecified atom stereocenters. The summed E-state index contributed by atoms with van der Waals surface area (Å²) in [5.74, 6) is 0.361. The minimum Gasteiger partial charge on any atom is -0.281 e. The van der Waals surface area contributed by atoms with Gasteiger partial charge in [0.25, 0.3) is 0 Å². The minimum absolute atomic E-state index is 0.0396. The Bertz CT molecular complexity index is 885. The van der Waals surface area contributed by atoms with E-state index in [4.69, 9.17) is 0 Å². The van der Waals surface area contributed by atoms with Gasteiger partial charge in [-0.05, 0) is 49.3 Å². The lowest BCUT2D eigenvalue weighted by molar-refractivity contribution is 0.567. The van der Waals surface area contributed by atoms with Crippen molar-refractivity contribution < 1.29 is 8.42 Å². The normalized spacial score (nSPS) is 18.8. The molecule has 2 aromatic heterocycles. The van der Waals surface area contributed by atoms with E-state index in [0.717, 1.165) is 36.9 Å². The molecule has 2 aromatic rings. The fourth-order valence-electron chi connectivity index (χ4n) is 2.93. The van der Waals surface area contributed by atoms with Crippen LogP contribution in [0.5, 0.6) is 0 Å². The fourth-order valence-corrected chi connectivity index (χ4v) is 4.87. The van der Waals surface area contributed by atoms with Crippen molar-refractivity contribution in [3.8, 4) is 11.4 Å². The van der Waals surface area contributed by atoms with E-state index in [9.17, 15) is 8.42 Å². The Morgan fingerprint density at radius 3 is 2.33 bits per heavy atom. The van der Waals surface area contributed by atoms with Crippen LogP contribution in [-0.2, 0) is 15.3 Å². The molecule has 0 saturated heterocycles. The highest BCUT2D eigenvalue weighted by molar-refractivity contribution is 7.92. The summed E-state index contributed by atoms with van der Waals surface area (Å²) >= 11 is 0. The summed E-state index contributed by atoms with van der Waals surface area (Å²) in [6, 6.07) is 3.70. The number of hydrogen-bond donors (Lipinski definition) is 1. The van der Waals surface area contributed by atoms with E-state index < -0.39 is 9.84 Å². The molecule has 0 bridgehead atoms. The van der Waals surface area contributed by atoms with Gasteiger partial charge in [-0.15, -0.1) is 0 Å². The molecular formula is C18H23N3O2S. The van der Waals surface area contributed by atoms with E-state index in [0.29, 0.717) is 22.2 Å². The van der Waals surface area contributed by atoms with Gasteiger partial charge < -0.3 is 0 Å². The summed E-state index contributed by atoms with van der Waals surface area (Å²) < 4.78 is 25.7. The number of aromatic amines is 1. The molecule has 24 heavy (non-hydrogen) atoms. The third-order valence-electron chi connectivity index (χ3n) is 4.83. The first kappa shape index (κ1) is 15.8. The third-order valence-corrected chi connectivity index (χ3v) is 7.15. The Balaban J connectivity index is 1.79. The number of sulfone groups is 1. The zero-order chi connectivity index (χ0) is 17.1. The Kier molecular flexibility index (Phi) is 3.39. The quantitative estimate of drug-likeness (QED) is 0.919. The number of hydrogen-bond acceptors (Lipinski definition) is 4. The van der Waals surface area contributed by atoms with Gasteiger partial charge in [0.1, 0.15) is 5.69 Å². The average molecular weight is 345 g/mol. The van der Waals surface area contributed by atoms with Crippen molar-refractivity contribution in [2.75, 3.05) is 0 Å². The number of nitrogens with one attached hydrogen (secondary N) is 1.